The van der Waals surface area contributed by atoms with E-state index in [0.717, 1.165) is 10.5 Å². The maximum absolute atomic E-state index is 12.7. The van der Waals surface area contributed by atoms with Gasteiger partial charge in [-0.3, -0.25) is 4.79 Å². The molecule has 0 fully saturated rings. The van der Waals surface area contributed by atoms with E-state index in [9.17, 15) is 13.2 Å². The van der Waals surface area contributed by atoms with Gasteiger partial charge >= 0.3 is 0 Å². The van der Waals surface area contributed by atoms with Gasteiger partial charge in [0.05, 0.1) is 17.2 Å². The Bertz CT molecular complexity index is 944. The summed E-state index contributed by atoms with van der Waals surface area (Å²) >= 11 is 1.56. The highest BCUT2D eigenvalue weighted by Crippen LogP contribution is 2.36. The van der Waals surface area contributed by atoms with Crippen LogP contribution in [0.2, 0.25) is 0 Å². The first kappa shape index (κ1) is 19.7. The zero-order valence-electron chi connectivity index (χ0n) is 15.2. The third kappa shape index (κ3) is 4.82. The number of benzene rings is 2. The van der Waals surface area contributed by atoms with Crippen LogP contribution in [0.4, 0.5) is 5.69 Å². The van der Waals surface area contributed by atoms with Crippen molar-refractivity contribution in [2.45, 2.75) is 41.9 Å². The lowest BCUT2D eigenvalue weighted by molar-refractivity contribution is -0.116. The van der Waals surface area contributed by atoms with Gasteiger partial charge in [-0.1, -0.05) is 25.1 Å². The molecule has 0 saturated heterocycles. The number of amides is 1. The minimum absolute atomic E-state index is 0.109. The van der Waals surface area contributed by atoms with Crippen LogP contribution in [-0.2, 0) is 21.4 Å². The number of carbonyl (C=O) groups is 1. The molecule has 8 heteroatoms. The molecule has 1 heterocycles. The summed E-state index contributed by atoms with van der Waals surface area (Å²) in [4.78, 5) is 12.9. The van der Waals surface area contributed by atoms with E-state index in [-0.39, 0.29) is 22.6 Å². The lowest BCUT2D eigenvalue weighted by Gasteiger charge is -2.13. The van der Waals surface area contributed by atoms with Crippen molar-refractivity contribution >= 4 is 33.4 Å². The first-order valence-corrected chi connectivity index (χ1v) is 11.1. The second-order valence-electron chi connectivity index (χ2n) is 6.20. The average molecular weight is 407 g/mol. The third-order valence-corrected chi connectivity index (χ3v) is 6.64. The molecule has 2 N–H and O–H groups in total. The van der Waals surface area contributed by atoms with Crippen molar-refractivity contribution in [3.05, 3.63) is 48.0 Å². The molecule has 27 heavy (non-hydrogen) atoms. The van der Waals surface area contributed by atoms with E-state index >= 15 is 0 Å². The van der Waals surface area contributed by atoms with Crippen molar-refractivity contribution in [2.75, 3.05) is 11.9 Å². The fourth-order valence-electron chi connectivity index (χ4n) is 2.80. The van der Waals surface area contributed by atoms with Crippen molar-refractivity contribution in [1.29, 1.82) is 0 Å². The highest BCUT2D eigenvalue weighted by Gasteiger charge is 2.22. The Kier molecular flexibility index (Phi) is 6.08. The topological polar surface area (TPSA) is 84.5 Å². The number of fused-ring (bicyclic) bond motifs is 1. The van der Waals surface area contributed by atoms with E-state index in [2.05, 4.69) is 10.0 Å². The summed E-state index contributed by atoms with van der Waals surface area (Å²) < 4.78 is 33.6. The second-order valence-corrected chi connectivity index (χ2v) is 9.45. The van der Waals surface area contributed by atoms with Gasteiger partial charge in [0, 0.05) is 28.7 Å². The molecule has 1 amide bonds. The van der Waals surface area contributed by atoms with E-state index < -0.39 is 10.0 Å². The average Bonchev–Trinajstić information content (AvgIpc) is 2.76. The molecule has 6 nitrogen and oxygen atoms in total. The largest absolute Gasteiger partial charge is 0.494 e. The molecular weight excluding hydrogens is 384 g/mol. The standard InChI is InChI=1S/C19H22N2O4S2/c1-3-25-17-7-5-4-6-14(17)12-20-27(23,24)15-8-9-18-16(11-15)21-19(22)10-13(2)26-18/h4-9,11,13,20H,3,10,12H2,1-2H3,(H,21,22)/t13-/m0/s1. The van der Waals surface area contributed by atoms with Crippen LogP contribution in [-0.4, -0.2) is 26.2 Å². The van der Waals surface area contributed by atoms with Gasteiger partial charge in [-0.25, -0.2) is 13.1 Å². The van der Waals surface area contributed by atoms with Crippen LogP contribution in [0.5, 0.6) is 5.75 Å². The summed E-state index contributed by atoms with van der Waals surface area (Å²) in [6.45, 7) is 4.48. The number of nitrogens with one attached hydrogen (secondary N) is 2. The minimum atomic E-state index is -3.73. The normalized spacial score (nSPS) is 17.0. The number of sulfonamides is 1. The van der Waals surface area contributed by atoms with Crippen molar-refractivity contribution in [1.82, 2.24) is 4.72 Å². The Morgan fingerprint density at radius 2 is 2.04 bits per heavy atom. The van der Waals surface area contributed by atoms with Crippen molar-refractivity contribution in [3.8, 4) is 5.75 Å². The summed E-state index contributed by atoms with van der Waals surface area (Å²) in [7, 11) is -3.73. The third-order valence-electron chi connectivity index (χ3n) is 4.06. The first-order valence-electron chi connectivity index (χ1n) is 8.70. The number of anilines is 1. The molecule has 3 rings (SSSR count). The van der Waals surface area contributed by atoms with Gasteiger partial charge in [-0.05, 0) is 31.2 Å². The van der Waals surface area contributed by atoms with E-state index in [1.54, 1.807) is 23.9 Å². The van der Waals surface area contributed by atoms with Gasteiger partial charge in [0.25, 0.3) is 0 Å². The number of para-hydroxylation sites is 1. The van der Waals surface area contributed by atoms with Gasteiger partial charge in [0.1, 0.15) is 5.75 Å². The fourth-order valence-corrected chi connectivity index (χ4v) is 4.88. The molecule has 144 valence electrons. The number of carbonyl (C=O) groups excluding carboxylic acids is 1. The molecule has 0 aromatic heterocycles. The SMILES string of the molecule is CCOc1ccccc1CNS(=O)(=O)c1ccc2c(c1)NC(=O)C[C@H](C)S2. The Balaban J connectivity index is 1.81. The van der Waals surface area contributed by atoms with Crippen LogP contribution in [0.25, 0.3) is 0 Å². The van der Waals surface area contributed by atoms with E-state index in [1.807, 2.05) is 38.1 Å². The van der Waals surface area contributed by atoms with Crippen LogP contribution < -0.4 is 14.8 Å². The Morgan fingerprint density at radius 3 is 2.81 bits per heavy atom. The monoisotopic (exact) mass is 406 g/mol. The van der Waals surface area contributed by atoms with Crippen molar-refractivity contribution < 1.29 is 17.9 Å². The number of ether oxygens (including phenoxy) is 1. The summed E-state index contributed by atoms with van der Waals surface area (Å²) in [5.74, 6) is 0.546. The van der Waals surface area contributed by atoms with Gasteiger partial charge in [0.15, 0.2) is 0 Å². The smallest absolute Gasteiger partial charge is 0.240 e. The lowest BCUT2D eigenvalue weighted by atomic mass is 10.2. The van der Waals surface area contributed by atoms with Gasteiger partial charge < -0.3 is 10.1 Å². The van der Waals surface area contributed by atoms with Crippen LogP contribution in [0.1, 0.15) is 25.8 Å². The van der Waals surface area contributed by atoms with Gasteiger partial charge in [-0.2, -0.15) is 0 Å². The van der Waals surface area contributed by atoms with E-state index in [1.165, 1.54) is 6.07 Å². The van der Waals surface area contributed by atoms with Crippen molar-refractivity contribution in [3.63, 3.8) is 0 Å². The summed E-state index contributed by atoms with van der Waals surface area (Å²) in [5.41, 5.74) is 1.29. The number of rotatable bonds is 6. The van der Waals surface area contributed by atoms with E-state index in [4.69, 9.17) is 4.74 Å². The second kappa shape index (κ2) is 8.33. The molecule has 0 spiro atoms. The molecule has 0 unspecified atom stereocenters. The summed E-state index contributed by atoms with van der Waals surface area (Å²) in [6.07, 6.45) is 0.397. The molecule has 0 radical (unpaired) electrons. The predicted octanol–water partition coefficient (Wildman–Crippen LogP) is 3.39. The number of hydrogen-bond donors (Lipinski definition) is 2. The highest BCUT2D eigenvalue weighted by atomic mass is 32.2. The Morgan fingerprint density at radius 1 is 1.26 bits per heavy atom. The molecule has 0 aliphatic carbocycles. The molecule has 0 bridgehead atoms. The maximum atomic E-state index is 12.7. The molecule has 2 aromatic rings. The molecule has 1 aliphatic heterocycles. The highest BCUT2D eigenvalue weighted by molar-refractivity contribution is 8.00. The van der Waals surface area contributed by atoms with Crippen LogP contribution in [0.15, 0.2) is 52.3 Å². The Hall–Kier alpha value is -2.03. The molecular formula is C19H22N2O4S2. The summed E-state index contributed by atoms with van der Waals surface area (Å²) in [6, 6.07) is 12.1. The van der Waals surface area contributed by atoms with Crippen LogP contribution in [0, 0.1) is 0 Å². The minimum Gasteiger partial charge on any atom is -0.494 e. The van der Waals surface area contributed by atoms with Gasteiger partial charge in [-0.15, -0.1) is 11.8 Å². The molecule has 1 aliphatic rings. The van der Waals surface area contributed by atoms with Crippen LogP contribution >= 0.6 is 11.8 Å². The fraction of sp³-hybridized carbons (Fsp3) is 0.316. The zero-order chi connectivity index (χ0) is 19.4. The lowest BCUT2D eigenvalue weighted by Crippen LogP contribution is -2.24. The zero-order valence-corrected chi connectivity index (χ0v) is 16.8. The Labute approximate surface area is 163 Å². The predicted molar refractivity (Wildman–Crippen MR) is 107 cm³/mol. The van der Waals surface area contributed by atoms with E-state index in [0.29, 0.717) is 24.5 Å². The summed E-state index contributed by atoms with van der Waals surface area (Å²) in [5, 5.41) is 2.93. The first-order chi connectivity index (χ1) is 12.9. The van der Waals surface area contributed by atoms with Crippen molar-refractivity contribution in [2.24, 2.45) is 0 Å². The van der Waals surface area contributed by atoms with Crippen LogP contribution in [0.3, 0.4) is 0 Å². The number of thioether (sulfide) groups is 1. The molecule has 1 atom stereocenters. The number of hydrogen-bond acceptors (Lipinski definition) is 5. The molecule has 0 saturated carbocycles. The molecule has 2 aromatic carbocycles. The van der Waals surface area contributed by atoms with Gasteiger partial charge in [0.2, 0.25) is 15.9 Å². The maximum Gasteiger partial charge on any atom is 0.240 e. The quantitative estimate of drug-likeness (QED) is 0.768.